The zero-order valence-corrected chi connectivity index (χ0v) is 10.3. The van der Waals surface area contributed by atoms with Crippen molar-refractivity contribution in [2.24, 2.45) is 5.73 Å². The van der Waals surface area contributed by atoms with E-state index in [1.54, 1.807) is 12.3 Å². The molecule has 6 heteroatoms. The monoisotopic (exact) mass is 256 g/mol. The van der Waals surface area contributed by atoms with Crippen molar-refractivity contribution in [3.63, 3.8) is 0 Å². The van der Waals surface area contributed by atoms with Gasteiger partial charge in [0.05, 0.1) is 5.56 Å². The van der Waals surface area contributed by atoms with Crippen LogP contribution in [0.15, 0.2) is 36.7 Å². The van der Waals surface area contributed by atoms with E-state index in [9.17, 15) is 9.59 Å². The Hall–Kier alpha value is -2.76. The van der Waals surface area contributed by atoms with Crippen LogP contribution in [-0.4, -0.2) is 21.8 Å². The van der Waals surface area contributed by atoms with E-state index >= 15 is 0 Å². The lowest BCUT2D eigenvalue weighted by molar-refractivity contribution is 0.0990. The van der Waals surface area contributed by atoms with Crippen LogP contribution in [-0.2, 0) is 0 Å². The summed E-state index contributed by atoms with van der Waals surface area (Å²) in [5.41, 5.74) is 6.51. The number of anilines is 1. The molecule has 0 saturated heterocycles. The third-order valence-electron chi connectivity index (χ3n) is 2.43. The molecular formula is C13H12N4O2. The van der Waals surface area contributed by atoms with Crippen LogP contribution >= 0.6 is 0 Å². The summed E-state index contributed by atoms with van der Waals surface area (Å²) >= 11 is 0. The van der Waals surface area contributed by atoms with Gasteiger partial charge in [-0.3, -0.25) is 14.6 Å². The molecule has 0 spiro atoms. The van der Waals surface area contributed by atoms with Crippen molar-refractivity contribution in [1.29, 1.82) is 0 Å². The van der Waals surface area contributed by atoms with Crippen molar-refractivity contribution < 1.29 is 9.59 Å². The standard InChI is InChI=1S/C13H12N4O2/c1-8-2-5-11(16-6-8)17-13(19)9-3-4-10(12(14)18)15-7-9/h2-7H,1H3,(H2,14,18)(H,16,17,19). The number of carbonyl (C=O) groups excluding carboxylic acids is 2. The summed E-state index contributed by atoms with van der Waals surface area (Å²) in [5.74, 6) is -0.526. The van der Waals surface area contributed by atoms with E-state index < -0.39 is 5.91 Å². The van der Waals surface area contributed by atoms with E-state index in [4.69, 9.17) is 5.73 Å². The number of primary amides is 1. The summed E-state index contributed by atoms with van der Waals surface area (Å²) in [4.78, 5) is 30.6. The molecule has 19 heavy (non-hydrogen) atoms. The Morgan fingerprint density at radius 2 is 1.89 bits per heavy atom. The summed E-state index contributed by atoms with van der Waals surface area (Å²) in [6.07, 6.45) is 2.95. The average molecular weight is 256 g/mol. The number of hydrogen-bond donors (Lipinski definition) is 2. The normalized spacial score (nSPS) is 9.95. The van der Waals surface area contributed by atoms with Gasteiger partial charge in [-0.1, -0.05) is 6.07 Å². The number of aryl methyl sites for hydroxylation is 1. The molecular weight excluding hydrogens is 244 g/mol. The first-order valence-electron chi connectivity index (χ1n) is 5.56. The van der Waals surface area contributed by atoms with Crippen molar-refractivity contribution in [3.8, 4) is 0 Å². The Morgan fingerprint density at radius 1 is 1.11 bits per heavy atom. The molecule has 3 N–H and O–H groups in total. The maximum absolute atomic E-state index is 11.9. The molecule has 6 nitrogen and oxygen atoms in total. The van der Waals surface area contributed by atoms with Gasteiger partial charge in [0.1, 0.15) is 11.5 Å². The molecule has 0 fully saturated rings. The lowest BCUT2D eigenvalue weighted by atomic mass is 10.2. The number of nitrogens with two attached hydrogens (primary N) is 1. The lowest BCUT2D eigenvalue weighted by Crippen LogP contribution is -2.16. The number of aromatic nitrogens is 2. The summed E-state index contributed by atoms with van der Waals surface area (Å²) in [6, 6.07) is 6.44. The van der Waals surface area contributed by atoms with Crippen LogP contribution in [0.5, 0.6) is 0 Å². The van der Waals surface area contributed by atoms with E-state index in [1.165, 1.54) is 18.3 Å². The number of hydrogen-bond acceptors (Lipinski definition) is 4. The first-order valence-corrected chi connectivity index (χ1v) is 5.56. The van der Waals surface area contributed by atoms with Gasteiger partial charge in [-0.05, 0) is 30.7 Å². The van der Waals surface area contributed by atoms with Gasteiger partial charge in [-0.2, -0.15) is 0 Å². The molecule has 2 amide bonds. The van der Waals surface area contributed by atoms with Crippen molar-refractivity contribution in [1.82, 2.24) is 9.97 Å². The summed E-state index contributed by atoms with van der Waals surface area (Å²) in [6.45, 7) is 1.91. The smallest absolute Gasteiger partial charge is 0.267 e. The third kappa shape index (κ3) is 3.12. The highest BCUT2D eigenvalue weighted by Gasteiger charge is 2.08. The average Bonchev–Trinajstić information content (AvgIpc) is 2.41. The quantitative estimate of drug-likeness (QED) is 0.860. The molecule has 0 bridgehead atoms. The van der Waals surface area contributed by atoms with Gasteiger partial charge in [-0.25, -0.2) is 4.98 Å². The Morgan fingerprint density at radius 3 is 2.42 bits per heavy atom. The third-order valence-corrected chi connectivity index (χ3v) is 2.43. The first-order chi connectivity index (χ1) is 9.06. The number of carbonyl (C=O) groups is 2. The van der Waals surface area contributed by atoms with Crippen LogP contribution in [0.2, 0.25) is 0 Å². The molecule has 0 aliphatic carbocycles. The molecule has 2 heterocycles. The van der Waals surface area contributed by atoms with Crippen LogP contribution < -0.4 is 11.1 Å². The number of nitrogens with one attached hydrogen (secondary N) is 1. The molecule has 0 saturated carbocycles. The second-order valence-electron chi connectivity index (χ2n) is 3.97. The fourth-order valence-electron chi connectivity index (χ4n) is 1.40. The van der Waals surface area contributed by atoms with Crippen molar-refractivity contribution in [2.45, 2.75) is 6.92 Å². The Kier molecular flexibility index (Phi) is 3.51. The van der Waals surface area contributed by atoms with E-state index in [-0.39, 0.29) is 11.6 Å². The summed E-state index contributed by atoms with van der Waals surface area (Å²) in [5, 5.41) is 2.63. The number of amides is 2. The molecule has 0 atom stereocenters. The Balaban J connectivity index is 2.11. The van der Waals surface area contributed by atoms with Crippen LogP contribution in [0, 0.1) is 6.92 Å². The molecule has 0 radical (unpaired) electrons. The largest absolute Gasteiger partial charge is 0.364 e. The lowest BCUT2D eigenvalue weighted by Gasteiger charge is -2.04. The fraction of sp³-hybridized carbons (Fsp3) is 0.0769. The summed E-state index contributed by atoms with van der Waals surface area (Å²) < 4.78 is 0. The molecule has 2 aromatic rings. The van der Waals surface area contributed by atoms with Crippen LogP contribution in [0.4, 0.5) is 5.82 Å². The minimum absolute atomic E-state index is 0.116. The first kappa shape index (κ1) is 12.7. The van der Waals surface area contributed by atoms with Crippen LogP contribution in [0.3, 0.4) is 0 Å². The number of rotatable bonds is 3. The highest BCUT2D eigenvalue weighted by Crippen LogP contribution is 2.07. The number of nitrogens with zero attached hydrogens (tertiary/aromatic N) is 2. The molecule has 96 valence electrons. The van der Waals surface area contributed by atoms with Gasteiger partial charge in [0.15, 0.2) is 0 Å². The molecule has 0 aromatic carbocycles. The molecule has 0 aliphatic heterocycles. The maximum atomic E-state index is 11.9. The van der Waals surface area contributed by atoms with Gasteiger partial charge in [0.2, 0.25) is 0 Å². The zero-order valence-electron chi connectivity index (χ0n) is 10.3. The topological polar surface area (TPSA) is 98.0 Å². The highest BCUT2D eigenvalue weighted by atomic mass is 16.2. The predicted molar refractivity (Wildman–Crippen MR) is 69.7 cm³/mol. The highest BCUT2D eigenvalue weighted by molar-refractivity contribution is 6.04. The van der Waals surface area contributed by atoms with Gasteiger partial charge in [-0.15, -0.1) is 0 Å². The fourth-order valence-corrected chi connectivity index (χ4v) is 1.40. The minimum Gasteiger partial charge on any atom is -0.364 e. The predicted octanol–water partition coefficient (Wildman–Crippen LogP) is 1.14. The van der Waals surface area contributed by atoms with Crippen molar-refractivity contribution in [3.05, 3.63) is 53.5 Å². The minimum atomic E-state index is -0.632. The van der Waals surface area contributed by atoms with Crippen molar-refractivity contribution in [2.75, 3.05) is 5.32 Å². The molecule has 2 aromatic heterocycles. The Bertz CT molecular complexity index is 606. The van der Waals surface area contributed by atoms with Crippen LogP contribution in [0.1, 0.15) is 26.4 Å². The van der Waals surface area contributed by atoms with Gasteiger partial charge in [0, 0.05) is 12.4 Å². The van der Waals surface area contributed by atoms with E-state index in [0.717, 1.165) is 5.56 Å². The van der Waals surface area contributed by atoms with Crippen molar-refractivity contribution >= 4 is 17.6 Å². The van der Waals surface area contributed by atoms with Gasteiger partial charge < -0.3 is 11.1 Å². The van der Waals surface area contributed by atoms with E-state index in [1.807, 2.05) is 13.0 Å². The molecule has 0 unspecified atom stereocenters. The Labute approximate surface area is 109 Å². The second kappa shape index (κ2) is 5.26. The molecule has 0 aliphatic rings. The zero-order chi connectivity index (χ0) is 13.8. The van der Waals surface area contributed by atoms with Gasteiger partial charge >= 0.3 is 0 Å². The van der Waals surface area contributed by atoms with Gasteiger partial charge in [0.25, 0.3) is 11.8 Å². The van der Waals surface area contributed by atoms with E-state index in [0.29, 0.717) is 11.4 Å². The van der Waals surface area contributed by atoms with Crippen LogP contribution in [0.25, 0.3) is 0 Å². The summed E-state index contributed by atoms with van der Waals surface area (Å²) in [7, 11) is 0. The second-order valence-corrected chi connectivity index (χ2v) is 3.97. The number of pyridine rings is 2. The molecule has 2 rings (SSSR count). The van der Waals surface area contributed by atoms with E-state index in [2.05, 4.69) is 15.3 Å². The SMILES string of the molecule is Cc1ccc(NC(=O)c2ccc(C(N)=O)nc2)nc1. The maximum Gasteiger partial charge on any atom is 0.267 e.